The van der Waals surface area contributed by atoms with Crippen LogP contribution in [0, 0.1) is 12.7 Å². The number of furan rings is 1. The first kappa shape index (κ1) is 22.1. The van der Waals surface area contributed by atoms with Crippen molar-refractivity contribution in [1.29, 1.82) is 0 Å². The van der Waals surface area contributed by atoms with Crippen molar-refractivity contribution < 1.29 is 22.0 Å². The Bertz CT molecular complexity index is 1310. The molecule has 0 aliphatic carbocycles. The Kier molecular flexibility index (Phi) is 5.59. The average Bonchev–Trinajstić information content (AvgIpc) is 3.26. The van der Waals surface area contributed by atoms with Crippen LogP contribution in [0.15, 0.2) is 53.5 Å². The number of alkyl halides is 3. The molecule has 34 heavy (non-hydrogen) atoms. The van der Waals surface area contributed by atoms with Crippen molar-refractivity contribution in [2.45, 2.75) is 31.9 Å². The third-order valence-corrected chi connectivity index (χ3v) is 6.09. The van der Waals surface area contributed by atoms with Gasteiger partial charge in [-0.1, -0.05) is 6.07 Å². The molecule has 0 spiro atoms. The van der Waals surface area contributed by atoms with Gasteiger partial charge in [0, 0.05) is 24.8 Å². The number of pyridine rings is 1. The van der Waals surface area contributed by atoms with E-state index in [1.54, 1.807) is 18.4 Å². The highest BCUT2D eigenvalue weighted by Gasteiger charge is 2.31. The minimum absolute atomic E-state index is 0.158. The Balaban J connectivity index is 1.31. The Labute approximate surface area is 192 Å². The van der Waals surface area contributed by atoms with E-state index in [2.05, 4.69) is 20.3 Å². The Hall–Kier alpha value is -3.69. The van der Waals surface area contributed by atoms with E-state index in [0.717, 1.165) is 36.2 Å². The summed E-state index contributed by atoms with van der Waals surface area (Å²) in [6.07, 6.45) is 1.06. The lowest BCUT2D eigenvalue weighted by Gasteiger charge is -2.32. The maximum Gasteiger partial charge on any atom is 0.417 e. The van der Waals surface area contributed by atoms with E-state index in [0.29, 0.717) is 41.5 Å². The highest BCUT2D eigenvalue weighted by Crippen LogP contribution is 2.37. The van der Waals surface area contributed by atoms with E-state index in [4.69, 9.17) is 4.42 Å². The van der Waals surface area contributed by atoms with E-state index in [-0.39, 0.29) is 11.7 Å². The van der Waals surface area contributed by atoms with Gasteiger partial charge in [0.25, 0.3) is 0 Å². The van der Waals surface area contributed by atoms with E-state index < -0.39 is 11.7 Å². The number of aromatic nitrogens is 3. The molecule has 1 aromatic carbocycles. The number of aryl methyl sites for hydroxylation is 1. The van der Waals surface area contributed by atoms with Crippen molar-refractivity contribution in [3.8, 4) is 0 Å². The SMILES string of the molecule is Cc1ccc(Nc2ncnc3c(C4CCN(c5ccc(C(F)(F)F)cn5)CC4)coc23)c(F)c1. The lowest BCUT2D eigenvalue weighted by atomic mass is 9.90. The van der Waals surface area contributed by atoms with Gasteiger partial charge in [0.05, 0.1) is 17.5 Å². The van der Waals surface area contributed by atoms with Crippen LogP contribution in [0.2, 0.25) is 0 Å². The summed E-state index contributed by atoms with van der Waals surface area (Å²) in [5.41, 5.74) is 2.39. The zero-order chi connectivity index (χ0) is 23.9. The van der Waals surface area contributed by atoms with Gasteiger partial charge in [0.15, 0.2) is 11.4 Å². The van der Waals surface area contributed by atoms with Crippen LogP contribution in [-0.4, -0.2) is 28.0 Å². The smallest absolute Gasteiger partial charge is 0.417 e. The van der Waals surface area contributed by atoms with Gasteiger partial charge < -0.3 is 14.6 Å². The number of hydrogen-bond donors (Lipinski definition) is 1. The predicted octanol–water partition coefficient (Wildman–Crippen LogP) is 6.21. The molecule has 0 atom stereocenters. The Morgan fingerprint density at radius 3 is 2.53 bits per heavy atom. The third kappa shape index (κ3) is 4.27. The zero-order valence-electron chi connectivity index (χ0n) is 18.2. The number of rotatable bonds is 4. The topological polar surface area (TPSA) is 67.1 Å². The standard InChI is InChI=1S/C24H21F4N5O/c1-14-2-4-19(18(25)10-14)32-23-22-21(30-13-31-23)17(12-34-22)15-6-8-33(9-7-15)20-5-3-16(11-29-20)24(26,27)28/h2-5,10-13,15H,6-9H2,1H3,(H,30,31,32). The molecule has 1 aliphatic rings. The molecule has 1 saturated heterocycles. The number of piperidine rings is 1. The number of halogens is 4. The quantitative estimate of drug-likeness (QED) is 0.357. The minimum Gasteiger partial charge on any atom is -0.458 e. The summed E-state index contributed by atoms with van der Waals surface area (Å²) in [6, 6.07) is 7.35. The van der Waals surface area contributed by atoms with E-state index >= 15 is 0 Å². The van der Waals surface area contributed by atoms with Gasteiger partial charge >= 0.3 is 6.18 Å². The second kappa shape index (κ2) is 8.58. The van der Waals surface area contributed by atoms with Crippen molar-refractivity contribution in [3.63, 3.8) is 0 Å². The van der Waals surface area contributed by atoms with Crippen LogP contribution in [-0.2, 0) is 6.18 Å². The van der Waals surface area contributed by atoms with Gasteiger partial charge in [-0.2, -0.15) is 13.2 Å². The molecule has 0 bridgehead atoms. The summed E-state index contributed by atoms with van der Waals surface area (Å²) in [5, 5.41) is 2.99. The number of nitrogens with zero attached hydrogens (tertiary/aromatic N) is 4. The van der Waals surface area contributed by atoms with Crippen LogP contribution in [0.25, 0.3) is 11.1 Å². The highest BCUT2D eigenvalue weighted by atomic mass is 19.4. The van der Waals surface area contributed by atoms with Crippen LogP contribution in [0.3, 0.4) is 0 Å². The second-order valence-electron chi connectivity index (χ2n) is 8.36. The van der Waals surface area contributed by atoms with Crippen molar-refractivity contribution in [2.75, 3.05) is 23.3 Å². The van der Waals surface area contributed by atoms with Gasteiger partial charge in [0.1, 0.15) is 23.5 Å². The lowest BCUT2D eigenvalue weighted by molar-refractivity contribution is -0.137. The summed E-state index contributed by atoms with van der Waals surface area (Å²) in [7, 11) is 0. The minimum atomic E-state index is -4.40. The average molecular weight is 471 g/mol. The Morgan fingerprint density at radius 2 is 1.85 bits per heavy atom. The first-order valence-electron chi connectivity index (χ1n) is 10.8. The van der Waals surface area contributed by atoms with Crippen LogP contribution in [0.4, 0.5) is 34.9 Å². The molecular formula is C24H21F4N5O. The van der Waals surface area contributed by atoms with E-state index in [1.807, 2.05) is 11.8 Å². The third-order valence-electron chi connectivity index (χ3n) is 6.09. The molecular weight excluding hydrogens is 450 g/mol. The lowest BCUT2D eigenvalue weighted by Crippen LogP contribution is -2.33. The first-order valence-corrected chi connectivity index (χ1v) is 10.8. The molecule has 0 unspecified atom stereocenters. The number of benzene rings is 1. The summed E-state index contributed by atoms with van der Waals surface area (Å²) in [5.74, 6) is 0.677. The van der Waals surface area contributed by atoms with Gasteiger partial charge in [-0.15, -0.1) is 0 Å². The molecule has 4 heterocycles. The van der Waals surface area contributed by atoms with Gasteiger partial charge in [-0.25, -0.2) is 19.3 Å². The Morgan fingerprint density at radius 1 is 1.06 bits per heavy atom. The molecule has 176 valence electrons. The highest BCUT2D eigenvalue weighted by molar-refractivity contribution is 5.88. The van der Waals surface area contributed by atoms with Crippen LogP contribution < -0.4 is 10.2 Å². The zero-order valence-corrected chi connectivity index (χ0v) is 18.2. The molecule has 1 aliphatic heterocycles. The summed E-state index contributed by atoms with van der Waals surface area (Å²) < 4.78 is 58.4. The number of hydrogen-bond acceptors (Lipinski definition) is 6. The summed E-state index contributed by atoms with van der Waals surface area (Å²) in [4.78, 5) is 14.6. The maximum absolute atomic E-state index is 14.3. The summed E-state index contributed by atoms with van der Waals surface area (Å²) >= 11 is 0. The van der Waals surface area contributed by atoms with E-state index in [9.17, 15) is 17.6 Å². The van der Waals surface area contributed by atoms with Crippen molar-refractivity contribution in [3.05, 3.63) is 71.6 Å². The van der Waals surface area contributed by atoms with E-state index in [1.165, 1.54) is 18.5 Å². The molecule has 0 amide bonds. The largest absolute Gasteiger partial charge is 0.458 e. The number of nitrogens with one attached hydrogen (secondary N) is 1. The monoisotopic (exact) mass is 471 g/mol. The fraction of sp³-hybridized carbons (Fsp3) is 0.292. The molecule has 0 saturated carbocycles. The van der Waals surface area contributed by atoms with Crippen molar-refractivity contribution >= 4 is 28.4 Å². The van der Waals surface area contributed by atoms with Gasteiger partial charge in [-0.3, -0.25) is 0 Å². The molecule has 10 heteroatoms. The normalized spacial score (nSPS) is 15.1. The predicted molar refractivity (Wildman–Crippen MR) is 120 cm³/mol. The fourth-order valence-corrected chi connectivity index (χ4v) is 4.26. The first-order chi connectivity index (χ1) is 16.3. The molecule has 3 aromatic heterocycles. The van der Waals surface area contributed by atoms with Crippen molar-refractivity contribution in [1.82, 2.24) is 15.0 Å². The van der Waals surface area contributed by atoms with Crippen LogP contribution >= 0.6 is 0 Å². The maximum atomic E-state index is 14.3. The molecule has 4 aromatic rings. The second-order valence-corrected chi connectivity index (χ2v) is 8.36. The number of anilines is 3. The molecule has 5 rings (SSSR count). The molecule has 0 radical (unpaired) electrons. The van der Waals surface area contributed by atoms with Gasteiger partial charge in [0.2, 0.25) is 0 Å². The number of fused-ring (bicyclic) bond motifs is 1. The van der Waals surface area contributed by atoms with Crippen molar-refractivity contribution in [2.24, 2.45) is 0 Å². The summed E-state index contributed by atoms with van der Waals surface area (Å²) in [6.45, 7) is 3.09. The fourth-order valence-electron chi connectivity index (χ4n) is 4.26. The van der Waals surface area contributed by atoms with Crippen LogP contribution in [0.1, 0.15) is 35.4 Å². The molecule has 6 nitrogen and oxygen atoms in total. The molecule has 1 N–H and O–H groups in total. The van der Waals surface area contributed by atoms with Gasteiger partial charge in [-0.05, 0) is 55.5 Å². The van der Waals surface area contributed by atoms with Crippen LogP contribution in [0.5, 0.6) is 0 Å². The molecule has 1 fully saturated rings.